The molecule has 0 bridgehead atoms. The highest BCUT2D eigenvalue weighted by molar-refractivity contribution is 6.34. The van der Waals surface area contributed by atoms with E-state index in [1.165, 1.54) is 11.0 Å². The Morgan fingerprint density at radius 3 is 2.64 bits per heavy atom. The van der Waals surface area contributed by atoms with Crippen molar-refractivity contribution in [1.29, 1.82) is 0 Å². The van der Waals surface area contributed by atoms with Gasteiger partial charge in [0.25, 0.3) is 11.8 Å². The summed E-state index contributed by atoms with van der Waals surface area (Å²) in [5, 5.41) is 17.4. The number of carbonyl (C=O) groups excluding carboxylic acids is 2. The van der Waals surface area contributed by atoms with Gasteiger partial charge in [-0.2, -0.15) is 5.10 Å². The van der Waals surface area contributed by atoms with E-state index >= 15 is 8.78 Å². The summed E-state index contributed by atoms with van der Waals surface area (Å²) in [7, 11) is 0. The van der Waals surface area contributed by atoms with E-state index in [2.05, 4.69) is 10.4 Å². The lowest BCUT2D eigenvalue weighted by molar-refractivity contribution is -0.118. The summed E-state index contributed by atoms with van der Waals surface area (Å²) in [4.78, 5) is 27.8. The van der Waals surface area contributed by atoms with Crippen LogP contribution in [0.4, 0.5) is 14.5 Å². The van der Waals surface area contributed by atoms with Gasteiger partial charge in [0.15, 0.2) is 0 Å². The van der Waals surface area contributed by atoms with Gasteiger partial charge in [0.2, 0.25) is 5.91 Å². The number of benzene rings is 2. The number of amides is 2. The van der Waals surface area contributed by atoms with Gasteiger partial charge in [0.05, 0.1) is 39.8 Å². The predicted octanol–water partition coefficient (Wildman–Crippen LogP) is 5.32. The zero-order valence-electron chi connectivity index (χ0n) is 21.4. The lowest BCUT2D eigenvalue weighted by Crippen LogP contribution is -2.44. The molecule has 1 aliphatic heterocycles. The number of aryl methyl sites for hydroxylation is 1. The van der Waals surface area contributed by atoms with Crippen LogP contribution in [0.25, 0.3) is 11.3 Å². The Hall–Kier alpha value is -3.56. The van der Waals surface area contributed by atoms with Gasteiger partial charge < -0.3 is 15.3 Å². The molecule has 0 saturated heterocycles. The molecule has 2 amide bonds. The summed E-state index contributed by atoms with van der Waals surface area (Å²) in [6, 6.07) is 12.5. The Kier molecular flexibility index (Phi) is 7.55. The summed E-state index contributed by atoms with van der Waals surface area (Å²) in [6.07, 6.45) is 4.15. The van der Waals surface area contributed by atoms with Crippen molar-refractivity contribution in [2.75, 3.05) is 11.4 Å². The summed E-state index contributed by atoms with van der Waals surface area (Å²) >= 11 is 6.50. The van der Waals surface area contributed by atoms with Crippen LogP contribution >= 0.6 is 11.6 Å². The fraction of sp³-hybridized carbons (Fsp3) is 0.345. The van der Waals surface area contributed by atoms with E-state index in [0.717, 1.165) is 24.6 Å². The summed E-state index contributed by atoms with van der Waals surface area (Å²) < 4.78 is 32.7. The fourth-order valence-electron chi connectivity index (χ4n) is 5.19. The minimum absolute atomic E-state index is 0.0902. The number of hydrogen-bond donors (Lipinski definition) is 2. The summed E-state index contributed by atoms with van der Waals surface area (Å²) in [5.41, 5.74) is 1.53. The third-order valence-electron chi connectivity index (χ3n) is 7.28. The molecule has 0 spiro atoms. The van der Waals surface area contributed by atoms with E-state index in [4.69, 9.17) is 11.6 Å². The molecule has 5 rings (SSSR count). The van der Waals surface area contributed by atoms with Gasteiger partial charge in [-0.05, 0) is 50.1 Å². The molecule has 2 unspecified atom stereocenters. The van der Waals surface area contributed by atoms with E-state index in [9.17, 15) is 14.7 Å². The van der Waals surface area contributed by atoms with E-state index in [-0.39, 0.29) is 28.4 Å². The quantitative estimate of drug-likeness (QED) is 0.427. The molecule has 1 saturated carbocycles. The van der Waals surface area contributed by atoms with Gasteiger partial charge in [0, 0.05) is 36.4 Å². The van der Waals surface area contributed by atoms with Crippen molar-refractivity contribution in [2.24, 2.45) is 0 Å². The highest BCUT2D eigenvalue weighted by Gasteiger charge is 2.41. The number of rotatable bonds is 4. The highest BCUT2D eigenvalue weighted by atomic mass is 35.5. The van der Waals surface area contributed by atoms with Crippen molar-refractivity contribution in [3.63, 3.8) is 0 Å². The van der Waals surface area contributed by atoms with E-state index in [1.54, 1.807) is 47.3 Å². The molecule has 1 aliphatic carbocycles. The molecule has 10 heteroatoms. The molecular weight excluding hydrogens is 526 g/mol. The molecule has 2 heterocycles. The monoisotopic (exact) mass is 554 g/mol. The first-order valence-corrected chi connectivity index (χ1v) is 13.3. The van der Waals surface area contributed by atoms with Gasteiger partial charge in [0.1, 0.15) is 0 Å². The minimum atomic E-state index is -3.38. The molecule has 7 nitrogen and oxygen atoms in total. The Balaban J connectivity index is 1.47. The first-order valence-electron chi connectivity index (χ1n) is 13.0. The van der Waals surface area contributed by atoms with Crippen molar-refractivity contribution in [3.8, 4) is 5.69 Å². The van der Waals surface area contributed by atoms with Gasteiger partial charge in [-0.3, -0.25) is 9.59 Å². The van der Waals surface area contributed by atoms with Crippen LogP contribution < -0.4 is 10.2 Å². The summed E-state index contributed by atoms with van der Waals surface area (Å²) in [6.45, 7) is 1.58. The number of hydrogen-bond acceptors (Lipinski definition) is 4. The molecule has 204 valence electrons. The molecule has 39 heavy (non-hydrogen) atoms. The Morgan fingerprint density at radius 1 is 1.15 bits per heavy atom. The number of anilines is 1. The van der Waals surface area contributed by atoms with Crippen LogP contribution in [0.3, 0.4) is 0 Å². The standard InChI is InChI=1S/C29H29ClF2N4O3/c1-18-12-14-36(34-18)19-10-11-21(23(30)16-19)28(39)35-15-13-29(31,32)22(20-6-2-4-8-25(20)35)17-27(38)33-24-7-3-5-9-26(24)37/h2,4,6,8,10-12,14,16-17,24,26,37H,3,5,7,9,13,15H2,1H3,(H,33,38). The molecule has 1 fully saturated rings. The maximum Gasteiger partial charge on any atom is 0.275 e. The first kappa shape index (κ1) is 27.0. The minimum Gasteiger partial charge on any atom is -0.391 e. The molecule has 2 aromatic carbocycles. The molecule has 1 aromatic heterocycles. The van der Waals surface area contributed by atoms with Crippen LogP contribution in [0.15, 0.2) is 60.8 Å². The van der Waals surface area contributed by atoms with Crippen molar-refractivity contribution in [1.82, 2.24) is 15.1 Å². The molecular formula is C29H29ClF2N4O3. The number of para-hydroxylation sites is 1. The number of nitrogens with zero attached hydrogens (tertiary/aromatic N) is 3. The molecule has 0 radical (unpaired) electrons. The van der Waals surface area contributed by atoms with Crippen LogP contribution in [-0.2, 0) is 4.79 Å². The molecule has 2 N–H and O–H groups in total. The SMILES string of the molecule is Cc1ccn(-c2ccc(C(=O)N3CCC(F)(F)C(=CC(=O)NC4CCCCC4O)c4ccccc43)c(Cl)c2)n1. The third kappa shape index (κ3) is 5.60. The lowest BCUT2D eigenvalue weighted by Gasteiger charge is -2.28. The Bertz CT molecular complexity index is 1440. The number of halogens is 3. The van der Waals surface area contributed by atoms with Crippen LogP contribution in [0.1, 0.15) is 53.7 Å². The normalized spacial score (nSPS) is 21.8. The number of aliphatic hydroxyl groups excluding tert-OH is 1. The van der Waals surface area contributed by atoms with Crippen LogP contribution in [0.2, 0.25) is 5.02 Å². The smallest absolute Gasteiger partial charge is 0.275 e. The largest absolute Gasteiger partial charge is 0.391 e. The van der Waals surface area contributed by atoms with Gasteiger partial charge in [-0.25, -0.2) is 13.5 Å². The molecule has 2 aliphatic rings. The fourth-order valence-corrected chi connectivity index (χ4v) is 5.45. The average Bonchev–Trinajstić information content (AvgIpc) is 3.31. The number of aliphatic hydroxyl groups is 1. The second-order valence-corrected chi connectivity index (χ2v) is 10.4. The number of carbonyl (C=O) groups is 2. The predicted molar refractivity (Wildman–Crippen MR) is 145 cm³/mol. The maximum atomic E-state index is 15.5. The summed E-state index contributed by atoms with van der Waals surface area (Å²) in [5.74, 6) is -4.60. The molecule has 2 atom stereocenters. The second-order valence-electron chi connectivity index (χ2n) is 10.0. The average molecular weight is 555 g/mol. The number of nitrogens with one attached hydrogen (secondary N) is 1. The molecule has 3 aromatic rings. The second kappa shape index (κ2) is 10.9. The Labute approximate surface area is 230 Å². The zero-order valence-corrected chi connectivity index (χ0v) is 22.2. The van der Waals surface area contributed by atoms with Crippen molar-refractivity contribution in [3.05, 3.63) is 82.6 Å². The number of aromatic nitrogens is 2. The van der Waals surface area contributed by atoms with Crippen molar-refractivity contribution >= 4 is 34.7 Å². The zero-order chi connectivity index (χ0) is 27.7. The third-order valence-corrected chi connectivity index (χ3v) is 7.59. The number of allylic oxidation sites excluding steroid dienone is 1. The maximum absolute atomic E-state index is 15.5. The number of fused-ring (bicyclic) bond motifs is 1. The highest BCUT2D eigenvalue weighted by Crippen LogP contribution is 2.43. The van der Waals surface area contributed by atoms with Gasteiger partial charge >= 0.3 is 0 Å². The van der Waals surface area contributed by atoms with Gasteiger partial charge in [-0.1, -0.05) is 42.6 Å². The lowest BCUT2D eigenvalue weighted by atomic mass is 9.92. The van der Waals surface area contributed by atoms with Gasteiger partial charge in [-0.15, -0.1) is 0 Å². The number of alkyl halides is 2. The topological polar surface area (TPSA) is 87.5 Å². The van der Waals surface area contributed by atoms with Crippen LogP contribution in [0, 0.1) is 6.92 Å². The Morgan fingerprint density at radius 2 is 1.92 bits per heavy atom. The van der Waals surface area contributed by atoms with E-state index < -0.39 is 41.9 Å². The van der Waals surface area contributed by atoms with Crippen molar-refractivity contribution in [2.45, 2.75) is 57.1 Å². The first-order chi connectivity index (χ1) is 18.6. The van der Waals surface area contributed by atoms with Crippen molar-refractivity contribution < 1.29 is 23.5 Å². The van der Waals surface area contributed by atoms with Crippen LogP contribution in [-0.4, -0.2) is 51.3 Å². The van der Waals surface area contributed by atoms with Crippen LogP contribution in [0.5, 0.6) is 0 Å². The van der Waals surface area contributed by atoms with E-state index in [0.29, 0.717) is 18.5 Å². The van der Waals surface area contributed by atoms with E-state index in [1.807, 2.05) is 13.0 Å².